The van der Waals surface area contributed by atoms with Crippen LogP contribution in [0.5, 0.6) is 0 Å². The van der Waals surface area contributed by atoms with Crippen molar-refractivity contribution < 1.29 is 37.4 Å². The molecule has 6 aliphatic carbocycles. The number of carbonyl (C=O) groups is 2. The average molecular weight is 873 g/mol. The Hall–Kier alpha value is -4.16. The predicted octanol–water partition coefficient (Wildman–Crippen LogP) is 11.5. The lowest BCUT2D eigenvalue weighted by molar-refractivity contribution is -0.174. The molecule has 322 valence electrons. The van der Waals surface area contributed by atoms with Crippen molar-refractivity contribution in [1.29, 1.82) is 0 Å². The van der Waals surface area contributed by atoms with Gasteiger partial charge in [-0.3, -0.25) is 4.79 Å². The first-order chi connectivity index (χ1) is 28.9. The number of aliphatic hydroxyl groups excluding tert-OH is 1. The zero-order valence-electron chi connectivity index (χ0n) is 34.6. The SMILES string of the molecule is C[C@@H](NC(=O)N(CCc1cccs1)C[C@]1(O)CC[C@H]2[C@]34C=C[C@@]5(C=C3C(=O)c3ccc(-c6cc(C(F)(F)F)ccc6Cl)o3)CC(O)CC[C@]5(C)[C@H]4CC[C@@]21C)c1ccccc1. The Kier molecular flexibility index (Phi) is 10.4. The molecule has 9 atom stereocenters. The predicted molar refractivity (Wildman–Crippen MR) is 230 cm³/mol. The van der Waals surface area contributed by atoms with E-state index in [1.54, 1.807) is 16.2 Å². The van der Waals surface area contributed by atoms with Crippen LogP contribution < -0.4 is 5.32 Å². The van der Waals surface area contributed by atoms with Gasteiger partial charge in [0.05, 0.1) is 34.9 Å². The van der Waals surface area contributed by atoms with Crippen LogP contribution in [0.25, 0.3) is 11.3 Å². The molecule has 3 N–H and O–H groups in total. The summed E-state index contributed by atoms with van der Waals surface area (Å²) in [6, 6.07) is 19.3. The maximum atomic E-state index is 15.2. The zero-order chi connectivity index (χ0) is 43.2. The molecule has 1 unspecified atom stereocenters. The smallest absolute Gasteiger partial charge is 0.416 e. The summed E-state index contributed by atoms with van der Waals surface area (Å²) >= 11 is 8.05. The van der Waals surface area contributed by atoms with Gasteiger partial charge in [0.2, 0.25) is 5.78 Å². The van der Waals surface area contributed by atoms with Crippen LogP contribution in [0.15, 0.2) is 106 Å². The molecule has 10 rings (SSSR count). The molecule has 4 aromatic rings. The summed E-state index contributed by atoms with van der Waals surface area (Å²) in [5.74, 6) is -0.526. The molecular weight excluding hydrogens is 821 g/mol. The number of hydrogen-bond donors (Lipinski definition) is 3. The fourth-order valence-electron chi connectivity index (χ4n) is 12.6. The molecule has 61 heavy (non-hydrogen) atoms. The Morgan fingerprint density at radius 1 is 0.967 bits per heavy atom. The second-order valence-electron chi connectivity index (χ2n) is 18.8. The number of hydrogen-bond acceptors (Lipinski definition) is 6. The van der Waals surface area contributed by atoms with Gasteiger partial charge in [0.1, 0.15) is 5.76 Å². The normalized spacial score (nSPS) is 33.0. The van der Waals surface area contributed by atoms with Crippen molar-refractivity contribution >= 4 is 34.8 Å². The molecule has 2 aromatic heterocycles. The maximum absolute atomic E-state index is 15.2. The molecule has 7 nitrogen and oxygen atoms in total. The zero-order valence-corrected chi connectivity index (χ0v) is 36.2. The average Bonchev–Trinajstić information content (AvgIpc) is 4.00. The van der Waals surface area contributed by atoms with Crippen molar-refractivity contribution in [3.8, 4) is 11.3 Å². The van der Waals surface area contributed by atoms with Crippen LogP contribution in [-0.4, -0.2) is 51.7 Å². The summed E-state index contributed by atoms with van der Waals surface area (Å²) in [7, 11) is 0. The van der Waals surface area contributed by atoms with E-state index < -0.39 is 39.7 Å². The quantitative estimate of drug-likeness (QED) is 0.109. The molecule has 3 saturated carbocycles. The number of Topliss-reactive ketones (excluding diaryl/α,β-unsaturated/α-hetero) is 1. The second kappa shape index (κ2) is 15.0. The van der Waals surface area contributed by atoms with Crippen LogP contribution in [0.4, 0.5) is 18.0 Å². The Balaban J connectivity index is 1.08. The summed E-state index contributed by atoms with van der Waals surface area (Å²) in [5.41, 5.74) is -3.05. The van der Waals surface area contributed by atoms with Crippen LogP contribution in [-0.2, 0) is 12.6 Å². The van der Waals surface area contributed by atoms with Gasteiger partial charge in [-0.1, -0.05) is 80.1 Å². The number of nitrogens with zero attached hydrogens (tertiary/aromatic N) is 1. The van der Waals surface area contributed by atoms with Crippen LogP contribution in [0.3, 0.4) is 0 Å². The van der Waals surface area contributed by atoms with Crippen molar-refractivity contribution in [3.63, 3.8) is 0 Å². The van der Waals surface area contributed by atoms with Gasteiger partial charge in [-0.25, -0.2) is 4.79 Å². The molecule has 2 heterocycles. The first-order valence-electron chi connectivity index (χ1n) is 21.4. The molecule has 2 spiro atoms. The van der Waals surface area contributed by atoms with E-state index >= 15 is 4.79 Å². The number of fused-ring (bicyclic) bond motifs is 1. The van der Waals surface area contributed by atoms with E-state index in [9.17, 15) is 28.2 Å². The summed E-state index contributed by atoms with van der Waals surface area (Å²) in [6.45, 7) is 6.92. The number of thiophene rings is 1. The number of aliphatic hydroxyl groups is 2. The summed E-state index contributed by atoms with van der Waals surface area (Å²) in [4.78, 5) is 32.4. The number of halogens is 4. The molecule has 2 amide bonds. The number of urea groups is 1. The maximum Gasteiger partial charge on any atom is 0.416 e. The van der Waals surface area contributed by atoms with Crippen LogP contribution in [0.1, 0.15) is 98.3 Å². The molecule has 2 bridgehead atoms. The van der Waals surface area contributed by atoms with Crippen molar-refractivity contribution in [2.24, 2.45) is 33.5 Å². The van der Waals surface area contributed by atoms with Crippen molar-refractivity contribution in [2.75, 3.05) is 13.1 Å². The highest BCUT2D eigenvalue weighted by Crippen LogP contribution is 2.78. The fourth-order valence-corrected chi connectivity index (χ4v) is 13.5. The molecule has 0 radical (unpaired) electrons. The van der Waals surface area contributed by atoms with E-state index in [1.807, 2.05) is 48.7 Å². The number of carbonyl (C=O) groups excluding carboxylic acids is 2. The number of alkyl halides is 3. The van der Waals surface area contributed by atoms with E-state index in [-0.39, 0.29) is 63.8 Å². The lowest BCUT2D eigenvalue weighted by Crippen LogP contribution is -2.67. The molecular formula is C49H52ClF3N2O5S. The molecule has 0 saturated heterocycles. The minimum Gasteiger partial charge on any atom is -0.453 e. The number of ketones is 1. The highest BCUT2D eigenvalue weighted by atomic mass is 35.5. The van der Waals surface area contributed by atoms with Gasteiger partial charge in [-0.05, 0) is 123 Å². The molecule has 12 heteroatoms. The minimum absolute atomic E-state index is 0.000767. The number of allylic oxidation sites excluding steroid dienone is 4. The van der Waals surface area contributed by atoms with Gasteiger partial charge >= 0.3 is 12.2 Å². The first-order valence-corrected chi connectivity index (χ1v) is 22.7. The van der Waals surface area contributed by atoms with E-state index in [0.29, 0.717) is 57.1 Å². The van der Waals surface area contributed by atoms with Gasteiger partial charge in [0.25, 0.3) is 0 Å². The van der Waals surface area contributed by atoms with Crippen LogP contribution in [0.2, 0.25) is 5.02 Å². The van der Waals surface area contributed by atoms with Gasteiger partial charge in [-0.15, -0.1) is 11.3 Å². The van der Waals surface area contributed by atoms with Crippen LogP contribution in [0, 0.1) is 33.5 Å². The number of furan rings is 1. The fraction of sp³-hybridized carbons (Fsp3) is 0.469. The number of nitrogens with one attached hydrogen (secondary N) is 1. The Morgan fingerprint density at radius 2 is 1.70 bits per heavy atom. The lowest BCUT2D eigenvalue weighted by atomic mass is 9.32. The van der Waals surface area contributed by atoms with Crippen molar-refractivity contribution in [1.82, 2.24) is 10.2 Å². The topological polar surface area (TPSA) is 103 Å². The Labute approximate surface area is 363 Å². The molecule has 3 fully saturated rings. The third kappa shape index (κ3) is 6.66. The largest absolute Gasteiger partial charge is 0.453 e. The Bertz CT molecular complexity index is 2400. The standard InChI is InChI=1S/C49H52ClF3N2O5S/c1-30(31-8-5-4-6-9-31)54-43(58)55(24-18-34-10-7-25-61-34)29-47(59)21-17-41-45(47,3)20-16-40-44(2)19-15-33(56)27-46(44)22-23-48(40,41)36(28-46)42(57)39-14-13-38(60-39)35-26-32(49(51,52)53)11-12-37(35)50/h4-14,22-23,25-26,28,30,33,40-41,56,59H,15-21,24,27,29H2,1-3H3,(H,54,58)/t30-,33?,40-,41-,44-,45+,46+,47-,48-/m1/s1. The van der Waals surface area contributed by atoms with E-state index in [4.69, 9.17) is 16.0 Å². The third-order valence-corrected chi connectivity index (χ3v) is 17.2. The molecule has 6 aliphatic rings. The van der Waals surface area contributed by atoms with Crippen LogP contribution >= 0.6 is 22.9 Å². The van der Waals surface area contributed by atoms with Crippen molar-refractivity contribution in [2.45, 2.75) is 96.1 Å². The summed E-state index contributed by atoms with van der Waals surface area (Å²) < 4.78 is 47.4. The van der Waals surface area contributed by atoms with Gasteiger partial charge in [0.15, 0.2) is 5.76 Å². The van der Waals surface area contributed by atoms with Gasteiger partial charge in [-0.2, -0.15) is 13.2 Å². The molecule has 0 aliphatic heterocycles. The molecule has 2 aromatic carbocycles. The number of rotatable bonds is 10. The second-order valence-corrected chi connectivity index (χ2v) is 20.3. The highest BCUT2D eigenvalue weighted by molar-refractivity contribution is 7.09. The van der Waals surface area contributed by atoms with E-state index in [2.05, 4.69) is 43.5 Å². The van der Waals surface area contributed by atoms with E-state index in [0.717, 1.165) is 29.0 Å². The van der Waals surface area contributed by atoms with Gasteiger partial charge in [0, 0.05) is 38.8 Å². The number of benzene rings is 2. The monoisotopic (exact) mass is 872 g/mol. The lowest BCUT2D eigenvalue weighted by Gasteiger charge is -2.71. The summed E-state index contributed by atoms with van der Waals surface area (Å²) in [6.07, 6.45) is 6.30. The third-order valence-electron chi connectivity index (χ3n) is 15.9. The van der Waals surface area contributed by atoms with E-state index in [1.165, 1.54) is 18.2 Å². The summed E-state index contributed by atoms with van der Waals surface area (Å²) in [5, 5.41) is 29.6. The first kappa shape index (κ1) is 42.2. The minimum atomic E-state index is -4.60. The Morgan fingerprint density at radius 3 is 2.44 bits per heavy atom. The van der Waals surface area contributed by atoms with Crippen molar-refractivity contribution in [3.05, 3.63) is 129 Å². The highest BCUT2D eigenvalue weighted by Gasteiger charge is 2.74. The number of amides is 2. The van der Waals surface area contributed by atoms with Gasteiger partial charge < -0.3 is 24.8 Å².